The van der Waals surface area contributed by atoms with Crippen molar-refractivity contribution < 1.29 is 9.53 Å². The summed E-state index contributed by atoms with van der Waals surface area (Å²) >= 11 is 0. The number of nitrogens with zero attached hydrogens (tertiary/aromatic N) is 3. The van der Waals surface area contributed by atoms with Crippen LogP contribution in [0.5, 0.6) is 5.75 Å². The topological polar surface area (TPSA) is 80.2 Å². The first-order chi connectivity index (χ1) is 11.6. The quantitative estimate of drug-likeness (QED) is 0.900. The average molecular weight is 330 g/mol. The summed E-state index contributed by atoms with van der Waals surface area (Å²) in [5.41, 5.74) is 0.109. The number of aromatic nitrogens is 3. The van der Waals surface area contributed by atoms with Gasteiger partial charge < -0.3 is 19.2 Å². The normalized spacial score (nSPS) is 17.2. The Morgan fingerprint density at radius 1 is 1.50 bits per heavy atom. The fraction of sp³-hybridized carbons (Fsp3) is 0.471. The lowest BCUT2D eigenvalue weighted by molar-refractivity contribution is 0.0719. The van der Waals surface area contributed by atoms with E-state index in [0.717, 1.165) is 31.6 Å². The summed E-state index contributed by atoms with van der Waals surface area (Å²) < 4.78 is 7.31. The maximum Gasteiger partial charge on any atom is 0.259 e. The second-order valence-corrected chi connectivity index (χ2v) is 5.92. The van der Waals surface area contributed by atoms with E-state index >= 15 is 0 Å². The zero-order valence-electron chi connectivity index (χ0n) is 14.0. The number of rotatable bonds is 5. The van der Waals surface area contributed by atoms with E-state index in [1.807, 2.05) is 11.1 Å². The number of methoxy groups -OCH3 is 1. The van der Waals surface area contributed by atoms with Crippen molar-refractivity contribution in [1.29, 1.82) is 0 Å². The second kappa shape index (κ2) is 6.90. The molecule has 1 N–H and O–H groups in total. The first kappa shape index (κ1) is 16.3. The number of ether oxygens (including phenoxy) is 1. The van der Waals surface area contributed by atoms with E-state index in [4.69, 9.17) is 4.74 Å². The highest BCUT2D eigenvalue weighted by Crippen LogP contribution is 2.25. The molecule has 1 amide bonds. The zero-order valence-corrected chi connectivity index (χ0v) is 14.0. The number of aromatic amines is 1. The van der Waals surface area contributed by atoms with Crippen LogP contribution in [0.25, 0.3) is 0 Å². The fourth-order valence-corrected chi connectivity index (χ4v) is 3.28. The number of nitrogens with one attached hydrogen (secondary N) is 1. The maximum atomic E-state index is 12.9. The number of likely N-dealkylation sites (tertiary alicyclic amines) is 1. The summed E-state index contributed by atoms with van der Waals surface area (Å²) in [7, 11) is 1.46. The van der Waals surface area contributed by atoms with Gasteiger partial charge in [-0.05, 0) is 12.8 Å². The molecule has 2 aromatic rings. The van der Waals surface area contributed by atoms with Gasteiger partial charge in [-0.25, -0.2) is 4.98 Å². The highest BCUT2D eigenvalue weighted by atomic mass is 16.5. The third-order valence-electron chi connectivity index (χ3n) is 4.50. The lowest BCUT2D eigenvalue weighted by Gasteiger charge is -2.26. The summed E-state index contributed by atoms with van der Waals surface area (Å²) in [6, 6.07) is 1.43. The van der Waals surface area contributed by atoms with E-state index in [0.29, 0.717) is 17.9 Å². The number of H-pyrrole nitrogens is 1. The van der Waals surface area contributed by atoms with E-state index in [-0.39, 0.29) is 17.5 Å². The predicted molar refractivity (Wildman–Crippen MR) is 89.3 cm³/mol. The molecule has 1 aliphatic rings. The van der Waals surface area contributed by atoms with Crippen molar-refractivity contribution in [2.75, 3.05) is 13.7 Å². The molecule has 3 heterocycles. The van der Waals surface area contributed by atoms with Gasteiger partial charge in [-0.15, -0.1) is 0 Å². The molecule has 7 heteroatoms. The molecule has 0 bridgehead atoms. The minimum atomic E-state index is -0.285. The van der Waals surface area contributed by atoms with Gasteiger partial charge in [0.2, 0.25) is 0 Å². The van der Waals surface area contributed by atoms with Crippen LogP contribution in [0.4, 0.5) is 0 Å². The van der Waals surface area contributed by atoms with Crippen molar-refractivity contribution in [3.8, 4) is 5.75 Å². The predicted octanol–water partition coefficient (Wildman–Crippen LogP) is 1.45. The smallest absolute Gasteiger partial charge is 0.259 e. The van der Waals surface area contributed by atoms with Crippen LogP contribution < -0.4 is 10.3 Å². The van der Waals surface area contributed by atoms with Gasteiger partial charge in [-0.1, -0.05) is 6.92 Å². The number of aryl methyl sites for hydroxylation is 1. The lowest BCUT2D eigenvalue weighted by atomic mass is 10.2. The molecule has 0 aromatic carbocycles. The van der Waals surface area contributed by atoms with Crippen LogP contribution in [-0.4, -0.2) is 45.0 Å². The Kier molecular flexibility index (Phi) is 4.69. The van der Waals surface area contributed by atoms with Crippen LogP contribution in [0, 0.1) is 0 Å². The summed E-state index contributed by atoms with van der Waals surface area (Å²) in [6.45, 7) is 3.52. The van der Waals surface area contributed by atoms with E-state index in [1.54, 1.807) is 6.20 Å². The van der Waals surface area contributed by atoms with E-state index in [9.17, 15) is 9.59 Å². The van der Waals surface area contributed by atoms with Crippen molar-refractivity contribution in [3.05, 3.63) is 46.4 Å². The number of hydrogen-bond acceptors (Lipinski definition) is 4. The third kappa shape index (κ3) is 3.06. The van der Waals surface area contributed by atoms with Gasteiger partial charge in [0, 0.05) is 44.2 Å². The average Bonchev–Trinajstić information content (AvgIpc) is 3.23. The Labute approximate surface area is 140 Å². The number of pyridine rings is 1. The van der Waals surface area contributed by atoms with Crippen molar-refractivity contribution in [2.24, 2.45) is 0 Å². The molecule has 24 heavy (non-hydrogen) atoms. The molecule has 1 atom stereocenters. The van der Waals surface area contributed by atoms with Crippen molar-refractivity contribution in [3.63, 3.8) is 0 Å². The monoisotopic (exact) mass is 330 g/mol. The van der Waals surface area contributed by atoms with E-state index in [1.165, 1.54) is 19.4 Å². The number of carbonyl (C=O) groups is 1. The molecule has 0 radical (unpaired) electrons. The van der Waals surface area contributed by atoms with Gasteiger partial charge in [0.05, 0.1) is 18.7 Å². The molecule has 2 aromatic heterocycles. The molecule has 0 saturated carbocycles. The van der Waals surface area contributed by atoms with E-state index in [2.05, 4.69) is 21.5 Å². The number of hydrogen-bond donors (Lipinski definition) is 1. The molecule has 0 spiro atoms. The second-order valence-electron chi connectivity index (χ2n) is 5.92. The van der Waals surface area contributed by atoms with Crippen LogP contribution in [0.15, 0.2) is 29.5 Å². The van der Waals surface area contributed by atoms with Crippen molar-refractivity contribution in [2.45, 2.75) is 38.8 Å². The van der Waals surface area contributed by atoms with Gasteiger partial charge in [-0.3, -0.25) is 9.59 Å². The molecule has 0 aliphatic carbocycles. The first-order valence-electron chi connectivity index (χ1n) is 8.21. The highest BCUT2D eigenvalue weighted by Gasteiger charge is 2.31. The van der Waals surface area contributed by atoms with Crippen LogP contribution in [0.3, 0.4) is 0 Å². The Bertz CT molecular complexity index is 780. The summed E-state index contributed by atoms with van der Waals surface area (Å²) in [5.74, 6) is 1.23. The largest absolute Gasteiger partial charge is 0.496 e. The van der Waals surface area contributed by atoms with Gasteiger partial charge in [0.25, 0.3) is 11.5 Å². The van der Waals surface area contributed by atoms with Crippen molar-refractivity contribution in [1.82, 2.24) is 19.4 Å². The molecule has 7 nitrogen and oxygen atoms in total. The minimum Gasteiger partial charge on any atom is -0.496 e. The molecule has 1 saturated heterocycles. The van der Waals surface area contributed by atoms with Gasteiger partial charge in [-0.2, -0.15) is 0 Å². The third-order valence-corrected chi connectivity index (χ3v) is 4.50. The van der Waals surface area contributed by atoms with Crippen LogP contribution in [0.2, 0.25) is 0 Å². The number of carbonyl (C=O) groups excluding carboxylic acids is 1. The van der Waals surface area contributed by atoms with Gasteiger partial charge in [0.1, 0.15) is 11.6 Å². The standard InChI is InChI=1S/C17H22N4O3/c1-3-15-18-6-8-20(15)11-12-5-4-7-21(12)17(23)13-10-19-16(22)9-14(13)24-2/h6,8-10,12H,3-5,7,11H2,1-2H3,(H,19,22)/t12-/m1/s1. The molecule has 1 fully saturated rings. The van der Waals surface area contributed by atoms with Crippen LogP contribution >= 0.6 is 0 Å². The Morgan fingerprint density at radius 2 is 2.33 bits per heavy atom. The maximum absolute atomic E-state index is 12.9. The van der Waals surface area contributed by atoms with Crippen LogP contribution in [-0.2, 0) is 13.0 Å². The lowest BCUT2D eigenvalue weighted by Crippen LogP contribution is -2.38. The fourth-order valence-electron chi connectivity index (χ4n) is 3.28. The van der Waals surface area contributed by atoms with Crippen LogP contribution in [0.1, 0.15) is 35.9 Å². The first-order valence-corrected chi connectivity index (χ1v) is 8.21. The zero-order chi connectivity index (χ0) is 17.1. The Morgan fingerprint density at radius 3 is 3.08 bits per heavy atom. The highest BCUT2D eigenvalue weighted by molar-refractivity contribution is 5.97. The van der Waals surface area contributed by atoms with Gasteiger partial charge >= 0.3 is 0 Å². The molecular weight excluding hydrogens is 308 g/mol. The summed E-state index contributed by atoms with van der Waals surface area (Å²) in [6.07, 6.45) is 7.98. The van der Waals surface area contributed by atoms with Gasteiger partial charge in [0.15, 0.2) is 0 Å². The number of amides is 1. The number of imidazole rings is 1. The molecule has 3 rings (SSSR count). The minimum absolute atomic E-state index is 0.108. The molecule has 1 aliphatic heterocycles. The Hall–Kier alpha value is -2.57. The van der Waals surface area contributed by atoms with Crippen molar-refractivity contribution >= 4 is 5.91 Å². The molecule has 128 valence electrons. The summed E-state index contributed by atoms with van der Waals surface area (Å²) in [5, 5.41) is 0. The summed E-state index contributed by atoms with van der Waals surface area (Å²) in [4.78, 5) is 33.1. The Balaban J connectivity index is 1.82. The van der Waals surface area contributed by atoms with E-state index < -0.39 is 0 Å². The molecule has 0 unspecified atom stereocenters. The molecular formula is C17H22N4O3. The SMILES string of the molecule is CCc1nccn1C[C@H]1CCCN1C(=O)c1c[nH]c(=O)cc1OC.